The highest BCUT2D eigenvalue weighted by Crippen LogP contribution is 2.35. The van der Waals surface area contributed by atoms with Gasteiger partial charge in [-0.1, -0.05) is 18.2 Å². The monoisotopic (exact) mass is 383 g/mol. The molecular weight excluding hydrogens is 354 g/mol. The van der Waals surface area contributed by atoms with E-state index in [0.717, 1.165) is 38.8 Å². The van der Waals surface area contributed by atoms with Crippen LogP contribution >= 0.6 is 0 Å². The number of para-hydroxylation sites is 1. The highest BCUT2D eigenvalue weighted by molar-refractivity contribution is 5.85. The van der Waals surface area contributed by atoms with Gasteiger partial charge >= 0.3 is 12.0 Å². The van der Waals surface area contributed by atoms with Crippen molar-refractivity contribution in [3.8, 4) is 0 Å². The highest BCUT2D eigenvalue weighted by atomic mass is 16.4. The highest BCUT2D eigenvalue weighted by Gasteiger charge is 2.30. The number of carboxylic acid groups (broad SMARTS) is 1. The molecule has 1 saturated carbocycles. The van der Waals surface area contributed by atoms with E-state index in [4.69, 9.17) is 5.11 Å². The second kappa shape index (κ2) is 7.86. The summed E-state index contributed by atoms with van der Waals surface area (Å²) < 4.78 is 0. The van der Waals surface area contributed by atoms with Crippen molar-refractivity contribution in [2.45, 2.75) is 57.4 Å². The van der Waals surface area contributed by atoms with Crippen molar-refractivity contribution < 1.29 is 14.7 Å². The molecule has 2 aliphatic rings. The number of carbonyl (C=O) groups is 2. The number of nitrogens with one attached hydrogen (secondary N) is 2. The predicted molar refractivity (Wildman–Crippen MR) is 108 cm³/mol. The number of aromatic amines is 1. The number of amides is 2. The average molecular weight is 383 g/mol. The molecular formula is C22H29N3O3. The number of hydrogen-bond donors (Lipinski definition) is 3. The lowest BCUT2D eigenvalue weighted by molar-refractivity contribution is -0.142. The van der Waals surface area contributed by atoms with Crippen LogP contribution in [0, 0.1) is 12.8 Å². The van der Waals surface area contributed by atoms with Gasteiger partial charge < -0.3 is 20.3 Å². The van der Waals surface area contributed by atoms with E-state index >= 15 is 0 Å². The largest absolute Gasteiger partial charge is 0.481 e. The van der Waals surface area contributed by atoms with Gasteiger partial charge in [0.15, 0.2) is 0 Å². The van der Waals surface area contributed by atoms with Crippen molar-refractivity contribution in [3.63, 3.8) is 0 Å². The number of aryl methyl sites for hydroxylation is 1. The number of piperidine rings is 1. The first-order chi connectivity index (χ1) is 13.5. The van der Waals surface area contributed by atoms with Crippen LogP contribution in [0.2, 0.25) is 0 Å². The van der Waals surface area contributed by atoms with Gasteiger partial charge in [0, 0.05) is 35.7 Å². The van der Waals surface area contributed by atoms with Crippen LogP contribution < -0.4 is 5.32 Å². The summed E-state index contributed by atoms with van der Waals surface area (Å²) in [4.78, 5) is 29.1. The van der Waals surface area contributed by atoms with Crippen LogP contribution in [-0.4, -0.2) is 46.1 Å². The van der Waals surface area contributed by atoms with Gasteiger partial charge in [0.2, 0.25) is 0 Å². The Balaban J connectivity index is 1.32. The van der Waals surface area contributed by atoms with Crippen LogP contribution in [0.5, 0.6) is 0 Å². The maximum Gasteiger partial charge on any atom is 0.317 e. The number of carbonyl (C=O) groups excluding carboxylic acids is 1. The maximum atomic E-state index is 12.6. The lowest BCUT2D eigenvalue weighted by atomic mass is 9.86. The van der Waals surface area contributed by atoms with E-state index in [1.54, 1.807) is 0 Å². The molecule has 0 atom stereocenters. The van der Waals surface area contributed by atoms with Gasteiger partial charge in [-0.25, -0.2) is 4.79 Å². The first kappa shape index (κ1) is 18.8. The summed E-state index contributed by atoms with van der Waals surface area (Å²) in [6.07, 6.45) is 4.77. The average Bonchev–Trinajstić information content (AvgIpc) is 3.04. The molecule has 150 valence electrons. The van der Waals surface area contributed by atoms with Crippen LogP contribution in [-0.2, 0) is 4.79 Å². The number of aromatic nitrogens is 1. The second-order valence-corrected chi connectivity index (χ2v) is 8.31. The van der Waals surface area contributed by atoms with Gasteiger partial charge in [-0.2, -0.15) is 0 Å². The van der Waals surface area contributed by atoms with Crippen molar-refractivity contribution in [2.75, 3.05) is 13.1 Å². The van der Waals surface area contributed by atoms with Gasteiger partial charge in [0.05, 0.1) is 5.92 Å². The Kier molecular flexibility index (Phi) is 5.29. The molecule has 0 bridgehead atoms. The van der Waals surface area contributed by atoms with E-state index in [1.165, 1.54) is 22.2 Å². The minimum atomic E-state index is -0.709. The molecule has 4 rings (SSSR count). The molecule has 1 aliphatic carbocycles. The lowest BCUT2D eigenvalue weighted by Gasteiger charge is -2.34. The van der Waals surface area contributed by atoms with Crippen LogP contribution in [0.15, 0.2) is 24.3 Å². The first-order valence-corrected chi connectivity index (χ1v) is 10.4. The third kappa shape index (κ3) is 3.73. The number of nitrogens with zero attached hydrogens (tertiary/aromatic N) is 1. The standard InChI is InChI=1S/C22H29N3O3/c1-14-20(18-4-2-3-5-19(18)23-14)15-10-12-25(13-11-15)22(28)24-17-8-6-16(7-9-17)21(26)27/h2-5,15-17,23H,6-13H2,1H3,(H,24,28)(H,26,27). The van der Waals surface area contributed by atoms with Crippen LogP contribution in [0.25, 0.3) is 10.9 Å². The van der Waals surface area contributed by atoms with Crippen LogP contribution in [0.1, 0.15) is 55.7 Å². The molecule has 0 unspecified atom stereocenters. The third-order valence-corrected chi connectivity index (χ3v) is 6.54. The van der Waals surface area contributed by atoms with Crippen molar-refractivity contribution >= 4 is 22.9 Å². The summed E-state index contributed by atoms with van der Waals surface area (Å²) in [7, 11) is 0. The molecule has 2 heterocycles. The molecule has 2 amide bonds. The van der Waals surface area contributed by atoms with E-state index in [9.17, 15) is 9.59 Å². The molecule has 0 spiro atoms. The molecule has 6 heteroatoms. The fourth-order valence-corrected chi connectivity index (χ4v) is 4.95. The molecule has 1 aliphatic heterocycles. The van der Waals surface area contributed by atoms with E-state index in [-0.39, 0.29) is 18.0 Å². The fourth-order valence-electron chi connectivity index (χ4n) is 4.95. The molecule has 2 fully saturated rings. The minimum Gasteiger partial charge on any atom is -0.481 e. The van der Waals surface area contributed by atoms with Gasteiger partial charge in [0.1, 0.15) is 0 Å². The maximum absolute atomic E-state index is 12.6. The van der Waals surface area contributed by atoms with Gasteiger partial charge in [-0.15, -0.1) is 0 Å². The van der Waals surface area contributed by atoms with E-state index in [2.05, 4.69) is 41.5 Å². The Bertz CT molecular complexity index is 859. The Labute approximate surface area is 165 Å². The number of benzene rings is 1. The van der Waals surface area contributed by atoms with E-state index < -0.39 is 5.97 Å². The Hall–Kier alpha value is -2.50. The molecule has 6 nitrogen and oxygen atoms in total. The molecule has 2 aromatic rings. The molecule has 0 radical (unpaired) electrons. The second-order valence-electron chi connectivity index (χ2n) is 8.31. The number of rotatable bonds is 3. The zero-order valence-corrected chi connectivity index (χ0v) is 16.4. The number of carboxylic acids is 1. The van der Waals surface area contributed by atoms with Crippen LogP contribution in [0.3, 0.4) is 0 Å². The lowest BCUT2D eigenvalue weighted by Crippen LogP contribution is -2.48. The number of likely N-dealkylation sites (tertiary alicyclic amines) is 1. The fraction of sp³-hybridized carbons (Fsp3) is 0.545. The Morgan fingerprint density at radius 3 is 2.43 bits per heavy atom. The predicted octanol–water partition coefficient (Wildman–Crippen LogP) is 4.01. The van der Waals surface area contributed by atoms with Crippen LogP contribution in [0.4, 0.5) is 4.79 Å². The minimum absolute atomic E-state index is 0.00729. The number of hydrogen-bond acceptors (Lipinski definition) is 2. The number of fused-ring (bicyclic) bond motifs is 1. The number of H-pyrrole nitrogens is 1. The van der Waals surface area contributed by atoms with Gasteiger partial charge in [-0.3, -0.25) is 4.79 Å². The SMILES string of the molecule is Cc1[nH]c2ccccc2c1C1CCN(C(=O)NC2CCC(C(=O)O)CC2)CC1. The molecule has 3 N–H and O–H groups in total. The third-order valence-electron chi connectivity index (χ3n) is 6.54. The summed E-state index contributed by atoms with van der Waals surface area (Å²) in [6, 6.07) is 8.55. The van der Waals surface area contributed by atoms with E-state index in [1.807, 2.05) is 4.90 Å². The smallest absolute Gasteiger partial charge is 0.317 e. The zero-order valence-electron chi connectivity index (χ0n) is 16.4. The summed E-state index contributed by atoms with van der Waals surface area (Å²) in [6.45, 7) is 3.67. The molecule has 1 aromatic carbocycles. The van der Waals surface area contributed by atoms with Crippen molar-refractivity contribution in [1.82, 2.24) is 15.2 Å². The first-order valence-electron chi connectivity index (χ1n) is 10.4. The van der Waals surface area contributed by atoms with Crippen molar-refractivity contribution in [3.05, 3.63) is 35.5 Å². The summed E-state index contributed by atoms with van der Waals surface area (Å²) in [5.41, 5.74) is 3.83. The molecule has 1 saturated heterocycles. The number of urea groups is 1. The van der Waals surface area contributed by atoms with Gasteiger partial charge in [0.25, 0.3) is 0 Å². The summed E-state index contributed by atoms with van der Waals surface area (Å²) >= 11 is 0. The Morgan fingerprint density at radius 2 is 1.75 bits per heavy atom. The van der Waals surface area contributed by atoms with Gasteiger partial charge in [-0.05, 0) is 63.0 Å². The normalized spacial score (nSPS) is 23.7. The summed E-state index contributed by atoms with van der Waals surface area (Å²) in [5.74, 6) is -0.478. The van der Waals surface area contributed by atoms with E-state index in [0.29, 0.717) is 18.8 Å². The number of aliphatic carboxylic acids is 1. The topological polar surface area (TPSA) is 85.4 Å². The summed E-state index contributed by atoms with van der Waals surface area (Å²) in [5, 5.41) is 13.5. The molecule has 1 aromatic heterocycles. The molecule has 28 heavy (non-hydrogen) atoms. The Morgan fingerprint density at radius 1 is 1.07 bits per heavy atom. The van der Waals surface area contributed by atoms with Crippen molar-refractivity contribution in [2.24, 2.45) is 5.92 Å². The zero-order chi connectivity index (χ0) is 19.7. The van der Waals surface area contributed by atoms with Crippen molar-refractivity contribution in [1.29, 1.82) is 0 Å². The quantitative estimate of drug-likeness (QED) is 0.749.